The molecule has 8 atom stereocenters. The van der Waals surface area contributed by atoms with Crippen molar-refractivity contribution in [2.45, 2.75) is 78.2 Å². The highest BCUT2D eigenvalue weighted by molar-refractivity contribution is 6.06. The number of aliphatic hydroxyl groups is 1. The van der Waals surface area contributed by atoms with E-state index in [-0.39, 0.29) is 6.10 Å². The number of fused-ring (bicyclic) bond motifs is 7. The topological polar surface area (TPSA) is 20.2 Å². The van der Waals surface area contributed by atoms with Crippen molar-refractivity contribution in [3.8, 4) is 0 Å². The fourth-order valence-corrected chi connectivity index (χ4v) is 10.2. The average molecular weight is 505 g/mol. The first-order valence-electron chi connectivity index (χ1n) is 15.3. The quantitative estimate of drug-likeness (QED) is 0.278. The monoisotopic (exact) mass is 504 g/mol. The summed E-state index contributed by atoms with van der Waals surface area (Å²) in [7, 11) is 0. The number of aliphatic hydroxyl groups excluding tert-OH is 1. The fraction of sp³-hybridized carbons (Fsp3) is 0.514. The highest BCUT2D eigenvalue weighted by atomic mass is 16.3. The SMILES string of the molecule is C[C@H](/C=C/c1c2ccccc2cc2ccccc12)[C@H]1CC[C@H]2[C@@H]3CC=C4C[C@@H](O)CC[C@]4(C)[C@H]3CC[C@]12C. The Labute approximate surface area is 229 Å². The molecule has 0 saturated heterocycles. The molecule has 3 fully saturated rings. The molecule has 0 bridgehead atoms. The minimum Gasteiger partial charge on any atom is -0.393 e. The van der Waals surface area contributed by atoms with Crippen molar-refractivity contribution in [1.29, 1.82) is 0 Å². The molecule has 1 heteroatoms. The third-order valence-electron chi connectivity index (χ3n) is 12.2. The van der Waals surface area contributed by atoms with E-state index in [1.54, 1.807) is 5.57 Å². The van der Waals surface area contributed by atoms with Gasteiger partial charge in [0.1, 0.15) is 0 Å². The molecule has 7 rings (SSSR count). The minimum atomic E-state index is -0.109. The Hall–Kier alpha value is -2.38. The Morgan fingerprint density at radius 2 is 1.58 bits per heavy atom. The molecule has 0 amide bonds. The third-order valence-corrected chi connectivity index (χ3v) is 12.2. The number of rotatable bonds is 3. The van der Waals surface area contributed by atoms with Crippen LogP contribution in [-0.4, -0.2) is 11.2 Å². The maximum Gasteiger partial charge on any atom is 0.0577 e. The van der Waals surface area contributed by atoms with E-state index in [0.717, 1.165) is 36.5 Å². The lowest BCUT2D eigenvalue weighted by Crippen LogP contribution is -2.50. The zero-order valence-electron chi connectivity index (χ0n) is 23.5. The molecule has 0 aliphatic heterocycles. The summed E-state index contributed by atoms with van der Waals surface area (Å²) in [6, 6.07) is 20.1. The van der Waals surface area contributed by atoms with Gasteiger partial charge in [-0.2, -0.15) is 0 Å². The Balaban J connectivity index is 1.18. The smallest absolute Gasteiger partial charge is 0.0577 e. The van der Waals surface area contributed by atoms with Gasteiger partial charge in [-0.25, -0.2) is 0 Å². The van der Waals surface area contributed by atoms with E-state index in [0.29, 0.717) is 16.7 Å². The number of hydrogen-bond donors (Lipinski definition) is 1. The van der Waals surface area contributed by atoms with Gasteiger partial charge >= 0.3 is 0 Å². The fourth-order valence-electron chi connectivity index (χ4n) is 10.2. The lowest BCUT2D eigenvalue weighted by atomic mass is 9.47. The van der Waals surface area contributed by atoms with Crippen LogP contribution in [0.4, 0.5) is 0 Å². The molecule has 0 aromatic heterocycles. The summed E-state index contributed by atoms with van der Waals surface area (Å²) in [5.74, 6) is 3.84. The standard InChI is InChI=1S/C37H44O/c1-24(12-14-31-29-10-6-4-8-25(29)22-26-9-5-7-11-30(26)31)33-16-17-34-32-15-13-27-23-28(38)18-20-36(27,2)35(32)19-21-37(33,34)3/h4-14,22,24,28,32-35,38H,15-21,23H2,1-3H3/b14-12+/t24-,28+,32+,33-,34+,35+,36+,37-/m1/s1. The molecule has 3 aromatic rings. The second-order valence-electron chi connectivity index (χ2n) is 13.8. The van der Waals surface area contributed by atoms with E-state index < -0.39 is 0 Å². The van der Waals surface area contributed by atoms with Gasteiger partial charge in [0.15, 0.2) is 0 Å². The highest BCUT2D eigenvalue weighted by Gasteiger charge is 2.58. The van der Waals surface area contributed by atoms with Crippen LogP contribution in [-0.2, 0) is 0 Å². The first-order valence-corrected chi connectivity index (χ1v) is 15.3. The van der Waals surface area contributed by atoms with Crippen LogP contribution in [0.1, 0.15) is 77.7 Å². The summed E-state index contributed by atoms with van der Waals surface area (Å²) in [6.45, 7) is 7.71. The summed E-state index contributed by atoms with van der Waals surface area (Å²) in [5.41, 5.74) is 3.75. The minimum absolute atomic E-state index is 0.109. The van der Waals surface area contributed by atoms with Crippen molar-refractivity contribution >= 4 is 27.6 Å². The van der Waals surface area contributed by atoms with Crippen LogP contribution in [0.2, 0.25) is 0 Å². The largest absolute Gasteiger partial charge is 0.393 e. The van der Waals surface area contributed by atoms with Crippen LogP contribution >= 0.6 is 0 Å². The molecule has 4 aliphatic carbocycles. The van der Waals surface area contributed by atoms with Gasteiger partial charge in [-0.05, 0) is 125 Å². The van der Waals surface area contributed by atoms with Crippen LogP contribution in [0.15, 0.2) is 72.3 Å². The molecule has 0 spiro atoms. The van der Waals surface area contributed by atoms with Crippen molar-refractivity contribution < 1.29 is 5.11 Å². The lowest BCUT2D eigenvalue weighted by Gasteiger charge is -2.58. The van der Waals surface area contributed by atoms with Crippen molar-refractivity contribution in [2.75, 3.05) is 0 Å². The second-order valence-corrected chi connectivity index (χ2v) is 13.8. The highest BCUT2D eigenvalue weighted by Crippen LogP contribution is 2.67. The van der Waals surface area contributed by atoms with Gasteiger partial charge in [-0.15, -0.1) is 0 Å². The van der Waals surface area contributed by atoms with Gasteiger partial charge in [-0.1, -0.05) is 93.1 Å². The van der Waals surface area contributed by atoms with Crippen molar-refractivity contribution in [3.63, 3.8) is 0 Å². The van der Waals surface area contributed by atoms with E-state index in [4.69, 9.17) is 0 Å². The summed E-state index contributed by atoms with van der Waals surface area (Å²) in [4.78, 5) is 0. The molecule has 3 saturated carbocycles. The van der Waals surface area contributed by atoms with Crippen LogP contribution in [0, 0.1) is 40.4 Å². The summed E-state index contributed by atoms with van der Waals surface area (Å²) in [5, 5.41) is 15.7. The summed E-state index contributed by atoms with van der Waals surface area (Å²) >= 11 is 0. The molecular weight excluding hydrogens is 460 g/mol. The molecule has 198 valence electrons. The molecule has 4 aliphatic rings. The van der Waals surface area contributed by atoms with E-state index in [9.17, 15) is 5.11 Å². The number of benzene rings is 3. The normalized spacial score (nSPS) is 37.6. The molecule has 38 heavy (non-hydrogen) atoms. The van der Waals surface area contributed by atoms with Gasteiger partial charge < -0.3 is 5.11 Å². The van der Waals surface area contributed by atoms with E-state index in [1.807, 2.05) is 0 Å². The first-order chi connectivity index (χ1) is 18.4. The van der Waals surface area contributed by atoms with Crippen LogP contribution in [0.3, 0.4) is 0 Å². The van der Waals surface area contributed by atoms with Gasteiger partial charge in [0, 0.05) is 0 Å². The zero-order valence-corrected chi connectivity index (χ0v) is 23.5. The number of allylic oxidation sites excluding steroid dienone is 2. The number of hydrogen-bond acceptors (Lipinski definition) is 1. The summed E-state index contributed by atoms with van der Waals surface area (Å²) in [6.07, 6.45) is 17.4. The molecule has 1 nitrogen and oxygen atoms in total. The van der Waals surface area contributed by atoms with Crippen LogP contribution in [0.25, 0.3) is 27.6 Å². The van der Waals surface area contributed by atoms with Gasteiger partial charge in [0.05, 0.1) is 6.10 Å². The molecule has 0 unspecified atom stereocenters. The molecule has 3 aromatic carbocycles. The van der Waals surface area contributed by atoms with Gasteiger partial charge in [-0.3, -0.25) is 0 Å². The Kier molecular flexibility index (Phi) is 5.89. The predicted molar refractivity (Wildman–Crippen MR) is 161 cm³/mol. The van der Waals surface area contributed by atoms with Crippen LogP contribution < -0.4 is 0 Å². The van der Waals surface area contributed by atoms with Crippen molar-refractivity contribution in [3.05, 3.63) is 77.9 Å². The third kappa shape index (κ3) is 3.68. The zero-order chi connectivity index (χ0) is 26.1. The maximum atomic E-state index is 10.3. The molecule has 1 N–H and O–H groups in total. The van der Waals surface area contributed by atoms with E-state index in [1.165, 1.54) is 65.6 Å². The first kappa shape index (κ1) is 24.6. The second kappa shape index (κ2) is 9.09. The van der Waals surface area contributed by atoms with E-state index >= 15 is 0 Å². The van der Waals surface area contributed by atoms with Crippen molar-refractivity contribution in [2.24, 2.45) is 40.4 Å². The summed E-state index contributed by atoms with van der Waals surface area (Å²) < 4.78 is 0. The molecule has 0 heterocycles. The lowest BCUT2D eigenvalue weighted by molar-refractivity contribution is -0.0540. The average Bonchev–Trinajstić information content (AvgIpc) is 3.28. The molecule has 0 radical (unpaired) electrons. The van der Waals surface area contributed by atoms with E-state index in [2.05, 4.69) is 93.6 Å². The van der Waals surface area contributed by atoms with Gasteiger partial charge in [0.2, 0.25) is 0 Å². The van der Waals surface area contributed by atoms with Crippen LogP contribution in [0.5, 0.6) is 0 Å². The predicted octanol–water partition coefficient (Wildman–Crippen LogP) is 9.58. The molecular formula is C37H44O. The Morgan fingerprint density at radius 3 is 2.32 bits per heavy atom. The Morgan fingerprint density at radius 1 is 0.868 bits per heavy atom. The maximum absolute atomic E-state index is 10.3. The van der Waals surface area contributed by atoms with Crippen molar-refractivity contribution in [1.82, 2.24) is 0 Å². The van der Waals surface area contributed by atoms with Gasteiger partial charge in [0.25, 0.3) is 0 Å². The Bertz CT molecular complexity index is 1380.